The topological polar surface area (TPSA) is 64.3 Å². The molecule has 4 nitrogen and oxygen atoms in total. The van der Waals surface area contributed by atoms with Crippen molar-refractivity contribution in [1.29, 1.82) is 0 Å². The van der Waals surface area contributed by atoms with E-state index in [1.54, 1.807) is 0 Å². The minimum atomic E-state index is -0.655. The maximum Gasteiger partial charge on any atom is 0.237 e. The van der Waals surface area contributed by atoms with Gasteiger partial charge in [-0.3, -0.25) is 4.79 Å². The largest absolute Gasteiger partial charge is 0.381 e. The Hall–Kier alpha value is -0.610. The number of amides is 1. The van der Waals surface area contributed by atoms with Gasteiger partial charge in [-0.2, -0.15) is 0 Å². The third kappa shape index (κ3) is 4.49. The fourth-order valence-corrected chi connectivity index (χ4v) is 1.71. The number of ether oxygens (including phenoxy) is 1. The molecule has 0 aromatic carbocycles. The van der Waals surface area contributed by atoms with Gasteiger partial charge in [0.2, 0.25) is 5.91 Å². The summed E-state index contributed by atoms with van der Waals surface area (Å²) in [6.45, 7) is 7.28. The number of rotatable bonds is 8. The first-order valence-electron chi connectivity index (χ1n) is 6.09. The minimum Gasteiger partial charge on any atom is -0.381 e. The van der Waals surface area contributed by atoms with Gasteiger partial charge in [-0.25, -0.2) is 0 Å². The van der Waals surface area contributed by atoms with Crippen molar-refractivity contribution < 1.29 is 9.53 Å². The van der Waals surface area contributed by atoms with Crippen LogP contribution in [0.2, 0.25) is 0 Å². The fourth-order valence-electron chi connectivity index (χ4n) is 1.71. The molecule has 0 heterocycles. The molecule has 1 aliphatic carbocycles. The number of carbonyl (C=O) groups excluding carboxylic acids is 1. The molecule has 16 heavy (non-hydrogen) atoms. The Morgan fingerprint density at radius 1 is 1.56 bits per heavy atom. The number of nitrogens with two attached hydrogens (primary N) is 1. The molecule has 0 aromatic heterocycles. The molecule has 1 aliphatic rings. The maximum absolute atomic E-state index is 11.4. The second-order valence-corrected chi connectivity index (χ2v) is 5.26. The Bertz CT molecular complexity index is 239. The molecule has 1 rings (SSSR count). The Balaban J connectivity index is 2.27. The van der Waals surface area contributed by atoms with E-state index in [0.717, 1.165) is 12.5 Å². The van der Waals surface area contributed by atoms with Gasteiger partial charge in [0, 0.05) is 19.3 Å². The number of primary amides is 1. The van der Waals surface area contributed by atoms with Gasteiger partial charge in [0.1, 0.15) is 0 Å². The lowest BCUT2D eigenvalue weighted by atomic mass is 9.96. The van der Waals surface area contributed by atoms with Crippen molar-refractivity contribution in [3.05, 3.63) is 0 Å². The zero-order valence-corrected chi connectivity index (χ0v) is 10.6. The van der Waals surface area contributed by atoms with Crippen LogP contribution in [-0.4, -0.2) is 30.7 Å². The highest BCUT2D eigenvalue weighted by molar-refractivity contribution is 5.84. The molecule has 0 aromatic rings. The van der Waals surface area contributed by atoms with E-state index in [-0.39, 0.29) is 11.9 Å². The van der Waals surface area contributed by atoms with Crippen LogP contribution in [0.25, 0.3) is 0 Å². The van der Waals surface area contributed by atoms with Crippen molar-refractivity contribution in [3.8, 4) is 0 Å². The first-order chi connectivity index (χ1) is 7.44. The zero-order valence-electron chi connectivity index (χ0n) is 10.6. The van der Waals surface area contributed by atoms with Crippen LogP contribution in [0.5, 0.6) is 0 Å². The quantitative estimate of drug-likeness (QED) is 0.610. The lowest BCUT2D eigenvalue weighted by Crippen LogP contribution is -2.56. The summed E-state index contributed by atoms with van der Waals surface area (Å²) in [5.41, 5.74) is 4.76. The summed E-state index contributed by atoms with van der Waals surface area (Å²) in [5.74, 6) is 0.453. The van der Waals surface area contributed by atoms with E-state index in [4.69, 9.17) is 10.5 Å². The average Bonchev–Trinajstić information content (AvgIpc) is 2.94. The van der Waals surface area contributed by atoms with Crippen LogP contribution < -0.4 is 11.1 Å². The third-order valence-electron chi connectivity index (χ3n) is 2.95. The molecule has 1 atom stereocenters. The first kappa shape index (κ1) is 13.5. The van der Waals surface area contributed by atoms with Crippen molar-refractivity contribution in [3.63, 3.8) is 0 Å². The summed E-state index contributed by atoms with van der Waals surface area (Å²) in [5, 5.41) is 3.20. The van der Waals surface area contributed by atoms with Gasteiger partial charge in [0.05, 0.1) is 5.54 Å². The van der Waals surface area contributed by atoms with Gasteiger partial charge in [-0.15, -0.1) is 0 Å². The monoisotopic (exact) mass is 228 g/mol. The molecule has 1 unspecified atom stereocenters. The molecule has 0 radical (unpaired) electrons. The molecule has 1 saturated carbocycles. The average molecular weight is 228 g/mol. The Labute approximate surface area is 97.9 Å². The van der Waals surface area contributed by atoms with E-state index < -0.39 is 5.54 Å². The van der Waals surface area contributed by atoms with Crippen molar-refractivity contribution in [1.82, 2.24) is 5.32 Å². The molecule has 0 bridgehead atoms. The number of hydrogen-bond donors (Lipinski definition) is 2. The Kier molecular flexibility index (Phi) is 4.74. The van der Waals surface area contributed by atoms with Gasteiger partial charge in [-0.05, 0) is 46.0 Å². The van der Waals surface area contributed by atoms with E-state index in [9.17, 15) is 4.79 Å². The predicted octanol–water partition coefficient (Wildman–Crippen LogP) is 1.05. The normalized spacial score (nSPS) is 19.8. The van der Waals surface area contributed by atoms with E-state index in [1.165, 1.54) is 12.8 Å². The zero-order chi connectivity index (χ0) is 12.2. The number of hydrogen-bond acceptors (Lipinski definition) is 3. The Morgan fingerprint density at radius 3 is 2.62 bits per heavy atom. The molecule has 94 valence electrons. The minimum absolute atomic E-state index is 0.237. The molecule has 0 spiro atoms. The van der Waals surface area contributed by atoms with Crippen molar-refractivity contribution in [2.24, 2.45) is 11.7 Å². The molecular formula is C12H24N2O2. The van der Waals surface area contributed by atoms with E-state index >= 15 is 0 Å². The van der Waals surface area contributed by atoms with Crippen LogP contribution in [0.3, 0.4) is 0 Å². The number of carbonyl (C=O) groups is 1. The number of nitrogens with one attached hydrogen (secondary N) is 1. The highest BCUT2D eigenvalue weighted by atomic mass is 16.5. The van der Waals surface area contributed by atoms with Crippen molar-refractivity contribution in [2.75, 3.05) is 13.2 Å². The van der Waals surface area contributed by atoms with E-state index in [2.05, 4.69) is 5.32 Å². The van der Waals surface area contributed by atoms with Gasteiger partial charge in [0.15, 0.2) is 0 Å². The van der Waals surface area contributed by atoms with Crippen LogP contribution >= 0.6 is 0 Å². The Morgan fingerprint density at radius 2 is 2.19 bits per heavy atom. The predicted molar refractivity (Wildman–Crippen MR) is 64.0 cm³/mol. The van der Waals surface area contributed by atoms with Crippen molar-refractivity contribution >= 4 is 5.91 Å². The molecule has 1 amide bonds. The fraction of sp³-hybridized carbons (Fsp3) is 0.917. The maximum atomic E-state index is 11.4. The first-order valence-corrected chi connectivity index (χ1v) is 6.09. The van der Waals surface area contributed by atoms with Crippen LogP contribution in [0, 0.1) is 5.92 Å². The van der Waals surface area contributed by atoms with Crippen LogP contribution in [0.1, 0.15) is 40.0 Å². The highest BCUT2D eigenvalue weighted by Gasteiger charge is 2.31. The second-order valence-electron chi connectivity index (χ2n) is 5.26. The van der Waals surface area contributed by atoms with Crippen LogP contribution in [0.15, 0.2) is 0 Å². The lowest BCUT2D eigenvalue weighted by molar-refractivity contribution is -0.124. The summed E-state index contributed by atoms with van der Waals surface area (Å²) in [4.78, 5) is 11.4. The van der Waals surface area contributed by atoms with Gasteiger partial charge >= 0.3 is 0 Å². The van der Waals surface area contributed by atoms with E-state index in [0.29, 0.717) is 13.0 Å². The third-order valence-corrected chi connectivity index (χ3v) is 2.95. The van der Waals surface area contributed by atoms with E-state index in [1.807, 2.05) is 20.8 Å². The second kappa shape index (κ2) is 5.64. The molecule has 4 heteroatoms. The summed E-state index contributed by atoms with van der Waals surface area (Å²) in [7, 11) is 0. The summed E-state index contributed by atoms with van der Waals surface area (Å²) in [6.07, 6.45) is 3.21. The molecular weight excluding hydrogens is 204 g/mol. The molecule has 0 saturated heterocycles. The molecule has 0 aliphatic heterocycles. The summed E-state index contributed by atoms with van der Waals surface area (Å²) in [6, 6.07) is 0.237. The summed E-state index contributed by atoms with van der Waals surface area (Å²) >= 11 is 0. The molecule has 3 N–H and O–H groups in total. The summed E-state index contributed by atoms with van der Waals surface area (Å²) < 4.78 is 5.54. The smallest absolute Gasteiger partial charge is 0.237 e. The van der Waals surface area contributed by atoms with Crippen molar-refractivity contribution in [2.45, 2.75) is 51.6 Å². The van der Waals surface area contributed by atoms with Gasteiger partial charge in [0.25, 0.3) is 0 Å². The van der Waals surface area contributed by atoms with Gasteiger partial charge in [-0.1, -0.05) is 0 Å². The van der Waals surface area contributed by atoms with Gasteiger partial charge < -0.3 is 15.8 Å². The van der Waals surface area contributed by atoms with Crippen LogP contribution in [0.4, 0.5) is 0 Å². The SMILES string of the molecule is CC(C)NC(C)(CCOCC1CC1)C(N)=O. The molecule has 1 fully saturated rings. The van der Waals surface area contributed by atoms with Crippen LogP contribution in [-0.2, 0) is 9.53 Å². The highest BCUT2D eigenvalue weighted by Crippen LogP contribution is 2.28. The standard InChI is InChI=1S/C12H24N2O2/c1-9(2)14-12(3,11(13)15)6-7-16-8-10-4-5-10/h9-10,14H,4-8H2,1-3H3,(H2,13,15). The lowest BCUT2D eigenvalue weighted by Gasteiger charge is -2.29.